The van der Waals surface area contributed by atoms with E-state index in [9.17, 15) is 4.79 Å². The van der Waals surface area contributed by atoms with Crippen LogP contribution >= 0.6 is 0 Å². The van der Waals surface area contributed by atoms with E-state index in [-0.39, 0.29) is 6.03 Å². The SMILES string of the molecule is Cc1cccc(CNC(=O)Nc2cccc(C3=CCNCC3)n2)c1. The Labute approximate surface area is 142 Å². The second-order valence-corrected chi connectivity index (χ2v) is 5.89. The first-order valence-corrected chi connectivity index (χ1v) is 8.18. The van der Waals surface area contributed by atoms with Crippen LogP contribution in [-0.2, 0) is 6.54 Å². The highest BCUT2D eigenvalue weighted by molar-refractivity contribution is 5.88. The van der Waals surface area contributed by atoms with Gasteiger partial charge in [0.2, 0.25) is 0 Å². The maximum absolute atomic E-state index is 12.1. The van der Waals surface area contributed by atoms with E-state index in [1.165, 1.54) is 11.1 Å². The van der Waals surface area contributed by atoms with Crippen molar-refractivity contribution in [3.05, 3.63) is 65.4 Å². The number of benzene rings is 1. The zero-order valence-corrected chi connectivity index (χ0v) is 13.8. The Morgan fingerprint density at radius 3 is 2.92 bits per heavy atom. The number of carbonyl (C=O) groups excluding carboxylic acids is 1. The van der Waals surface area contributed by atoms with Crippen molar-refractivity contribution in [1.82, 2.24) is 15.6 Å². The Morgan fingerprint density at radius 2 is 2.12 bits per heavy atom. The van der Waals surface area contributed by atoms with E-state index >= 15 is 0 Å². The van der Waals surface area contributed by atoms with E-state index < -0.39 is 0 Å². The molecule has 2 heterocycles. The van der Waals surface area contributed by atoms with Crippen LogP contribution in [0.4, 0.5) is 10.6 Å². The van der Waals surface area contributed by atoms with Crippen molar-refractivity contribution in [3.63, 3.8) is 0 Å². The highest BCUT2D eigenvalue weighted by atomic mass is 16.2. The van der Waals surface area contributed by atoms with E-state index in [1.54, 1.807) is 6.07 Å². The van der Waals surface area contributed by atoms with Gasteiger partial charge in [0.1, 0.15) is 5.82 Å². The molecule has 2 aromatic rings. The number of amides is 2. The third-order valence-corrected chi connectivity index (χ3v) is 3.92. The van der Waals surface area contributed by atoms with E-state index in [0.29, 0.717) is 12.4 Å². The van der Waals surface area contributed by atoms with Gasteiger partial charge in [-0.2, -0.15) is 0 Å². The Bertz CT molecular complexity index is 755. The molecule has 0 atom stereocenters. The zero-order valence-electron chi connectivity index (χ0n) is 13.8. The fourth-order valence-electron chi connectivity index (χ4n) is 2.70. The average molecular weight is 322 g/mol. The molecule has 1 aliphatic heterocycles. The number of aryl methyl sites for hydroxylation is 1. The summed E-state index contributed by atoms with van der Waals surface area (Å²) >= 11 is 0. The lowest BCUT2D eigenvalue weighted by atomic mass is 10.1. The zero-order chi connectivity index (χ0) is 16.8. The first-order valence-electron chi connectivity index (χ1n) is 8.18. The Morgan fingerprint density at radius 1 is 1.25 bits per heavy atom. The molecule has 1 aliphatic rings. The van der Waals surface area contributed by atoms with Gasteiger partial charge >= 0.3 is 6.03 Å². The number of hydrogen-bond donors (Lipinski definition) is 3. The molecule has 2 amide bonds. The predicted molar refractivity (Wildman–Crippen MR) is 96.7 cm³/mol. The highest BCUT2D eigenvalue weighted by Crippen LogP contribution is 2.19. The largest absolute Gasteiger partial charge is 0.334 e. The number of carbonyl (C=O) groups is 1. The molecule has 3 rings (SSSR count). The van der Waals surface area contributed by atoms with Gasteiger partial charge in [0.15, 0.2) is 0 Å². The monoisotopic (exact) mass is 322 g/mol. The molecule has 5 nitrogen and oxygen atoms in total. The summed E-state index contributed by atoms with van der Waals surface area (Å²) in [6.45, 7) is 4.35. The van der Waals surface area contributed by atoms with E-state index in [1.807, 2.05) is 37.3 Å². The van der Waals surface area contributed by atoms with E-state index in [4.69, 9.17) is 0 Å². The highest BCUT2D eigenvalue weighted by Gasteiger charge is 2.09. The van der Waals surface area contributed by atoms with Gasteiger partial charge in [-0.1, -0.05) is 42.0 Å². The Kier molecular flexibility index (Phi) is 5.23. The van der Waals surface area contributed by atoms with Gasteiger partial charge in [-0.15, -0.1) is 0 Å². The fraction of sp³-hybridized carbons (Fsp3) is 0.263. The van der Waals surface area contributed by atoms with Crippen LogP contribution in [0.5, 0.6) is 0 Å². The topological polar surface area (TPSA) is 66.1 Å². The molecule has 0 bridgehead atoms. The lowest BCUT2D eigenvalue weighted by molar-refractivity contribution is 0.251. The number of nitrogens with zero attached hydrogens (tertiary/aromatic N) is 1. The van der Waals surface area contributed by atoms with Gasteiger partial charge in [0, 0.05) is 13.1 Å². The molecule has 0 saturated carbocycles. The third kappa shape index (κ3) is 4.43. The summed E-state index contributed by atoms with van der Waals surface area (Å²) in [6.07, 6.45) is 3.10. The quantitative estimate of drug-likeness (QED) is 0.810. The molecule has 1 aromatic carbocycles. The minimum absolute atomic E-state index is 0.250. The van der Waals surface area contributed by atoms with Crippen molar-refractivity contribution < 1.29 is 4.79 Å². The first-order chi connectivity index (χ1) is 11.7. The van der Waals surface area contributed by atoms with Crippen LogP contribution in [0.2, 0.25) is 0 Å². The maximum Gasteiger partial charge on any atom is 0.320 e. The van der Waals surface area contributed by atoms with Crippen molar-refractivity contribution >= 4 is 17.4 Å². The van der Waals surface area contributed by atoms with Gasteiger partial charge in [-0.05, 0) is 43.2 Å². The van der Waals surface area contributed by atoms with Crippen LogP contribution in [0.1, 0.15) is 23.2 Å². The predicted octanol–water partition coefficient (Wildman–Crippen LogP) is 3.09. The molecule has 1 aromatic heterocycles. The second-order valence-electron chi connectivity index (χ2n) is 5.89. The molecule has 0 saturated heterocycles. The van der Waals surface area contributed by atoms with Crippen molar-refractivity contribution in [2.45, 2.75) is 19.9 Å². The summed E-state index contributed by atoms with van der Waals surface area (Å²) in [5.74, 6) is 0.564. The molecule has 0 fully saturated rings. The first kappa shape index (κ1) is 16.2. The smallest absolute Gasteiger partial charge is 0.320 e. The van der Waals surface area contributed by atoms with E-state index in [0.717, 1.165) is 30.8 Å². The number of pyridine rings is 1. The summed E-state index contributed by atoms with van der Waals surface area (Å²) < 4.78 is 0. The average Bonchev–Trinajstić information content (AvgIpc) is 2.61. The molecular formula is C19H22N4O. The normalized spacial score (nSPS) is 14.0. The molecule has 0 spiro atoms. The van der Waals surface area contributed by atoms with Gasteiger partial charge in [0.05, 0.1) is 5.69 Å². The lowest BCUT2D eigenvalue weighted by Gasteiger charge is -2.14. The van der Waals surface area contributed by atoms with Gasteiger partial charge in [-0.3, -0.25) is 5.32 Å². The van der Waals surface area contributed by atoms with Crippen molar-refractivity contribution in [2.75, 3.05) is 18.4 Å². The summed E-state index contributed by atoms with van der Waals surface area (Å²) in [4.78, 5) is 16.6. The maximum atomic E-state index is 12.1. The van der Waals surface area contributed by atoms with Gasteiger partial charge < -0.3 is 10.6 Å². The van der Waals surface area contributed by atoms with Crippen LogP contribution in [0.15, 0.2) is 48.5 Å². The number of aromatic nitrogens is 1. The van der Waals surface area contributed by atoms with E-state index in [2.05, 4.69) is 33.1 Å². The number of nitrogens with one attached hydrogen (secondary N) is 3. The van der Waals surface area contributed by atoms with Crippen LogP contribution < -0.4 is 16.0 Å². The van der Waals surface area contributed by atoms with Crippen molar-refractivity contribution in [1.29, 1.82) is 0 Å². The lowest BCUT2D eigenvalue weighted by Crippen LogP contribution is -2.28. The number of urea groups is 1. The van der Waals surface area contributed by atoms with Crippen molar-refractivity contribution in [2.24, 2.45) is 0 Å². The van der Waals surface area contributed by atoms with Crippen LogP contribution in [0.3, 0.4) is 0 Å². The number of anilines is 1. The third-order valence-electron chi connectivity index (χ3n) is 3.92. The molecule has 0 aliphatic carbocycles. The molecule has 24 heavy (non-hydrogen) atoms. The Balaban J connectivity index is 1.59. The minimum atomic E-state index is -0.250. The van der Waals surface area contributed by atoms with Crippen molar-refractivity contribution in [3.8, 4) is 0 Å². The number of hydrogen-bond acceptors (Lipinski definition) is 3. The summed E-state index contributed by atoms with van der Waals surface area (Å²) in [5.41, 5.74) is 4.40. The minimum Gasteiger partial charge on any atom is -0.334 e. The van der Waals surface area contributed by atoms with Gasteiger partial charge in [-0.25, -0.2) is 9.78 Å². The van der Waals surface area contributed by atoms with Crippen LogP contribution in [-0.4, -0.2) is 24.1 Å². The molecule has 3 N–H and O–H groups in total. The standard InChI is InChI=1S/C19H22N4O/c1-14-4-2-5-15(12-14)13-21-19(24)23-18-7-3-6-17(22-18)16-8-10-20-11-9-16/h2-8,12,20H,9-11,13H2,1H3,(H2,21,22,23,24). The van der Waals surface area contributed by atoms with Gasteiger partial charge in [0.25, 0.3) is 0 Å². The number of rotatable bonds is 4. The molecule has 124 valence electrons. The molecule has 0 unspecified atom stereocenters. The van der Waals surface area contributed by atoms with Crippen LogP contribution in [0.25, 0.3) is 5.57 Å². The fourth-order valence-corrected chi connectivity index (χ4v) is 2.70. The summed E-state index contributed by atoms with van der Waals surface area (Å²) in [6, 6.07) is 13.5. The molecule has 5 heteroatoms. The molecular weight excluding hydrogens is 300 g/mol. The summed E-state index contributed by atoms with van der Waals surface area (Å²) in [5, 5.41) is 8.94. The molecule has 0 radical (unpaired) electrons. The summed E-state index contributed by atoms with van der Waals surface area (Å²) in [7, 11) is 0. The Hall–Kier alpha value is -2.66. The van der Waals surface area contributed by atoms with Crippen LogP contribution in [0, 0.1) is 6.92 Å². The second kappa shape index (κ2) is 7.75.